The van der Waals surface area contributed by atoms with E-state index < -0.39 is 0 Å². The average Bonchev–Trinajstić information content (AvgIpc) is 2.31. The second-order valence-corrected chi connectivity index (χ2v) is 3.03. The van der Waals surface area contributed by atoms with Crippen molar-refractivity contribution in [2.45, 2.75) is 33.1 Å². The van der Waals surface area contributed by atoms with Crippen molar-refractivity contribution >= 4 is 0 Å². The van der Waals surface area contributed by atoms with Crippen LogP contribution in [0, 0.1) is 6.92 Å². The minimum absolute atomic E-state index is 0. The minimum atomic E-state index is 0. The molecule has 1 N–H and O–H groups in total. The third-order valence-corrected chi connectivity index (χ3v) is 2.17. The van der Waals surface area contributed by atoms with E-state index >= 15 is 0 Å². The van der Waals surface area contributed by atoms with Gasteiger partial charge in [-0.2, -0.15) is 0 Å². The standard InChI is InChI=1S/C9H16N2.HI/c1-4-5-6-9-7-10-8(2)11(9)3;/h7H,4-6H2,1-3H3;1H. The van der Waals surface area contributed by atoms with Gasteiger partial charge in [-0.3, -0.25) is 0 Å². The lowest BCUT2D eigenvalue weighted by Gasteiger charge is -1.94. The number of hydrogen-bond donors (Lipinski definition) is 1. The van der Waals surface area contributed by atoms with Gasteiger partial charge in [-0.05, 0) is 6.42 Å². The van der Waals surface area contributed by atoms with Crippen LogP contribution in [0.1, 0.15) is 31.3 Å². The molecule has 0 amide bonds. The highest BCUT2D eigenvalue weighted by Crippen LogP contribution is 1.98. The Hall–Kier alpha value is -0.0600. The maximum Gasteiger partial charge on any atom is 0.251 e. The molecule has 1 aromatic rings. The van der Waals surface area contributed by atoms with E-state index in [4.69, 9.17) is 0 Å². The summed E-state index contributed by atoms with van der Waals surface area (Å²) in [5.41, 5.74) is 1.41. The first-order valence-corrected chi connectivity index (χ1v) is 4.28. The molecule has 1 rings (SSSR count). The van der Waals surface area contributed by atoms with Crippen LogP contribution in [-0.4, -0.2) is 4.98 Å². The van der Waals surface area contributed by atoms with Gasteiger partial charge in [-0.1, -0.05) is 13.3 Å². The van der Waals surface area contributed by atoms with Crippen LogP contribution in [0.15, 0.2) is 6.20 Å². The Labute approximate surface area is 91.4 Å². The van der Waals surface area contributed by atoms with Crippen molar-refractivity contribution in [3.63, 3.8) is 0 Å². The summed E-state index contributed by atoms with van der Waals surface area (Å²) in [6.45, 7) is 4.31. The number of halogens is 1. The van der Waals surface area contributed by atoms with E-state index in [1.165, 1.54) is 30.8 Å². The van der Waals surface area contributed by atoms with E-state index in [1.54, 1.807) is 0 Å². The van der Waals surface area contributed by atoms with Crippen LogP contribution in [0.4, 0.5) is 0 Å². The summed E-state index contributed by atoms with van der Waals surface area (Å²) in [6, 6.07) is 0. The number of hydrogen-bond acceptors (Lipinski definition) is 0. The van der Waals surface area contributed by atoms with Crippen LogP contribution >= 0.6 is 0 Å². The van der Waals surface area contributed by atoms with Crippen molar-refractivity contribution in [1.82, 2.24) is 4.98 Å². The molecule has 0 unspecified atom stereocenters. The summed E-state index contributed by atoms with van der Waals surface area (Å²) in [7, 11) is 2.11. The monoisotopic (exact) mass is 280 g/mol. The molecule has 70 valence electrons. The third kappa shape index (κ3) is 2.77. The predicted molar refractivity (Wildman–Crippen MR) is 45.3 cm³/mol. The van der Waals surface area contributed by atoms with E-state index in [1.807, 2.05) is 0 Å². The molecule has 0 aliphatic rings. The molecule has 12 heavy (non-hydrogen) atoms. The van der Waals surface area contributed by atoms with Gasteiger partial charge in [0.25, 0.3) is 5.82 Å². The van der Waals surface area contributed by atoms with Gasteiger partial charge in [0, 0.05) is 13.3 Å². The first kappa shape index (κ1) is 11.9. The number of rotatable bonds is 3. The summed E-state index contributed by atoms with van der Waals surface area (Å²) in [5.74, 6) is 1.23. The number of aromatic amines is 1. The van der Waals surface area contributed by atoms with E-state index in [9.17, 15) is 0 Å². The molecular weight excluding hydrogens is 263 g/mol. The van der Waals surface area contributed by atoms with Gasteiger partial charge in [0.15, 0.2) is 0 Å². The van der Waals surface area contributed by atoms with Gasteiger partial charge in [-0.15, -0.1) is 0 Å². The normalized spacial score (nSPS) is 9.58. The zero-order valence-electron chi connectivity index (χ0n) is 8.02. The zero-order valence-corrected chi connectivity index (χ0v) is 10.2. The molecule has 0 fully saturated rings. The quantitative estimate of drug-likeness (QED) is 0.513. The number of aromatic nitrogens is 2. The maximum atomic E-state index is 3.21. The average molecular weight is 280 g/mol. The van der Waals surface area contributed by atoms with Crippen molar-refractivity contribution < 1.29 is 28.5 Å². The fraction of sp³-hybridized carbons (Fsp3) is 0.667. The summed E-state index contributed by atoms with van der Waals surface area (Å²) >= 11 is 0. The van der Waals surface area contributed by atoms with Crippen LogP contribution in [0.2, 0.25) is 0 Å². The molecule has 1 aromatic heterocycles. The Bertz CT molecular complexity index is 230. The maximum absolute atomic E-state index is 3.21. The number of nitrogens with zero attached hydrogens (tertiary/aromatic N) is 1. The van der Waals surface area contributed by atoms with Gasteiger partial charge in [-0.25, -0.2) is 9.55 Å². The van der Waals surface area contributed by atoms with Crippen molar-refractivity contribution in [2.24, 2.45) is 7.05 Å². The fourth-order valence-electron chi connectivity index (χ4n) is 1.19. The highest BCUT2D eigenvalue weighted by atomic mass is 127. The first-order chi connectivity index (χ1) is 5.25. The lowest BCUT2D eigenvalue weighted by Crippen LogP contribution is -3.00. The SMILES string of the molecule is CCCCc1c[nH]c(C)[n+]1C.[I-]. The van der Waals surface area contributed by atoms with E-state index in [2.05, 4.69) is 36.6 Å². The molecule has 0 saturated carbocycles. The van der Waals surface area contributed by atoms with Crippen molar-refractivity contribution in [3.8, 4) is 0 Å². The van der Waals surface area contributed by atoms with E-state index in [-0.39, 0.29) is 24.0 Å². The highest BCUT2D eigenvalue weighted by molar-refractivity contribution is 4.89. The molecule has 1 heterocycles. The topological polar surface area (TPSA) is 19.7 Å². The Kier molecular flexibility index (Phi) is 5.53. The number of imidazole rings is 1. The number of H-pyrrole nitrogens is 1. The Morgan fingerprint density at radius 1 is 1.50 bits per heavy atom. The molecule has 0 aliphatic carbocycles. The predicted octanol–water partition coefficient (Wildman–Crippen LogP) is -1.51. The lowest BCUT2D eigenvalue weighted by atomic mass is 10.2. The molecule has 0 radical (unpaired) electrons. The van der Waals surface area contributed by atoms with Gasteiger partial charge >= 0.3 is 0 Å². The number of nitrogens with one attached hydrogen (secondary N) is 1. The Balaban J connectivity index is 0.00000121. The zero-order chi connectivity index (χ0) is 8.27. The molecule has 0 aliphatic heterocycles. The van der Waals surface area contributed by atoms with Crippen molar-refractivity contribution in [3.05, 3.63) is 17.7 Å². The number of unbranched alkanes of at least 4 members (excludes halogenated alkanes) is 1. The number of aryl methyl sites for hydroxylation is 2. The van der Waals surface area contributed by atoms with Crippen LogP contribution in [-0.2, 0) is 13.5 Å². The molecule has 0 atom stereocenters. The molecule has 0 aromatic carbocycles. The summed E-state index contributed by atoms with van der Waals surface area (Å²) in [5, 5.41) is 0. The lowest BCUT2D eigenvalue weighted by molar-refractivity contribution is -0.683. The molecule has 3 heteroatoms. The van der Waals surface area contributed by atoms with E-state index in [0.717, 1.165) is 0 Å². The summed E-state index contributed by atoms with van der Waals surface area (Å²) in [6.07, 6.45) is 5.84. The van der Waals surface area contributed by atoms with Crippen LogP contribution < -0.4 is 28.5 Å². The van der Waals surface area contributed by atoms with Crippen molar-refractivity contribution in [2.75, 3.05) is 0 Å². The minimum Gasteiger partial charge on any atom is -1.00 e. The first-order valence-electron chi connectivity index (χ1n) is 4.28. The smallest absolute Gasteiger partial charge is 0.251 e. The molecule has 0 saturated heterocycles. The Morgan fingerprint density at radius 2 is 2.17 bits per heavy atom. The molecular formula is C9H17IN2. The van der Waals surface area contributed by atoms with Crippen LogP contribution in [0.25, 0.3) is 0 Å². The fourth-order valence-corrected chi connectivity index (χ4v) is 1.19. The summed E-state index contributed by atoms with van der Waals surface area (Å²) in [4.78, 5) is 3.21. The molecule has 2 nitrogen and oxygen atoms in total. The summed E-state index contributed by atoms with van der Waals surface area (Å²) < 4.78 is 2.22. The highest BCUT2D eigenvalue weighted by Gasteiger charge is 2.07. The van der Waals surface area contributed by atoms with Gasteiger partial charge in [0.1, 0.15) is 11.9 Å². The van der Waals surface area contributed by atoms with E-state index in [0.29, 0.717) is 0 Å². The Morgan fingerprint density at radius 3 is 2.58 bits per heavy atom. The van der Waals surface area contributed by atoms with Gasteiger partial charge in [0.2, 0.25) is 0 Å². The van der Waals surface area contributed by atoms with Gasteiger partial charge < -0.3 is 24.0 Å². The largest absolute Gasteiger partial charge is 1.00 e. The van der Waals surface area contributed by atoms with Crippen LogP contribution in [0.3, 0.4) is 0 Å². The second kappa shape index (κ2) is 5.56. The molecule has 0 bridgehead atoms. The second-order valence-electron chi connectivity index (χ2n) is 3.03. The van der Waals surface area contributed by atoms with Crippen molar-refractivity contribution in [1.29, 1.82) is 0 Å². The third-order valence-electron chi connectivity index (χ3n) is 2.17. The van der Waals surface area contributed by atoms with Crippen LogP contribution in [0.5, 0.6) is 0 Å². The molecule has 0 spiro atoms. The van der Waals surface area contributed by atoms with Gasteiger partial charge in [0.05, 0.1) is 7.05 Å².